The first kappa shape index (κ1) is 12.0. The zero-order chi connectivity index (χ0) is 10.2. The van der Waals surface area contributed by atoms with Crippen molar-refractivity contribution in [3.8, 4) is 0 Å². The summed E-state index contributed by atoms with van der Waals surface area (Å²) in [6, 6.07) is 0. The molecule has 5 nitrogen and oxygen atoms in total. The van der Waals surface area contributed by atoms with Crippen LogP contribution in [0.3, 0.4) is 0 Å². The van der Waals surface area contributed by atoms with E-state index in [9.17, 15) is 8.42 Å². The number of hydrogen-bond acceptors (Lipinski definition) is 4. The zero-order valence-electron chi connectivity index (χ0n) is 7.21. The van der Waals surface area contributed by atoms with E-state index in [2.05, 4.69) is 9.78 Å². The van der Waals surface area contributed by atoms with Crippen LogP contribution in [0.1, 0.15) is 13.3 Å². The fourth-order valence-electron chi connectivity index (χ4n) is 0.477. The maximum absolute atomic E-state index is 9.79. The van der Waals surface area contributed by atoms with Crippen LogP contribution in [0.15, 0.2) is 24.7 Å². The van der Waals surface area contributed by atoms with E-state index in [0.29, 0.717) is 6.42 Å². The first-order valence-electron chi connectivity index (χ1n) is 3.65. The molecule has 0 amide bonds. The summed E-state index contributed by atoms with van der Waals surface area (Å²) in [6.07, 6.45) is 6.87. The van der Waals surface area contributed by atoms with Gasteiger partial charge in [0.1, 0.15) is 12.5 Å². The molecule has 1 N–H and O–H groups in total. The lowest BCUT2D eigenvalue weighted by Gasteiger charge is -1.94. The van der Waals surface area contributed by atoms with Crippen molar-refractivity contribution in [2.24, 2.45) is 0 Å². The molecule has 0 radical (unpaired) electrons. The van der Waals surface area contributed by atoms with Gasteiger partial charge in [0, 0.05) is 0 Å². The summed E-state index contributed by atoms with van der Waals surface area (Å²) in [4.78, 5) is 8.60. The number of allylic oxidation sites excluding steroid dienone is 2. The van der Waals surface area contributed by atoms with Crippen LogP contribution in [0.2, 0.25) is 0 Å². The highest BCUT2D eigenvalue weighted by Crippen LogP contribution is 1.89. The Hall–Kier alpha value is -1.01. The second kappa shape index (κ2) is 6.50. The van der Waals surface area contributed by atoms with Crippen LogP contribution in [0.4, 0.5) is 0 Å². The van der Waals surface area contributed by atoms with Gasteiger partial charge in [-0.05, 0) is 18.6 Å². The lowest BCUT2D eigenvalue weighted by atomic mass is 10.6. The van der Waals surface area contributed by atoms with Crippen LogP contribution in [-0.2, 0) is 19.9 Å². The molecule has 0 aromatic rings. The molecule has 0 unspecified atom stereocenters. The lowest BCUT2D eigenvalue weighted by molar-refractivity contribution is -0.198. The molecule has 6 heteroatoms. The second-order valence-corrected chi connectivity index (χ2v) is 3.71. The molecule has 76 valence electrons. The van der Waals surface area contributed by atoms with E-state index in [1.807, 2.05) is 0 Å². The molecule has 0 saturated carbocycles. The maximum Gasteiger partial charge on any atom is 0.264 e. The highest BCUT2D eigenvalue weighted by atomic mass is 32.2. The highest BCUT2D eigenvalue weighted by molar-refractivity contribution is 7.85. The van der Waals surface area contributed by atoms with Gasteiger partial charge in [0.15, 0.2) is 0 Å². The van der Waals surface area contributed by atoms with Gasteiger partial charge in [-0.2, -0.15) is 8.42 Å². The van der Waals surface area contributed by atoms with Crippen LogP contribution < -0.4 is 0 Å². The van der Waals surface area contributed by atoms with Crippen molar-refractivity contribution in [2.45, 2.75) is 13.3 Å². The molecule has 1 aliphatic heterocycles. The van der Waals surface area contributed by atoms with Crippen molar-refractivity contribution >= 4 is 10.1 Å². The highest BCUT2D eigenvalue weighted by Gasteiger charge is 1.98. The van der Waals surface area contributed by atoms with Crippen molar-refractivity contribution < 1.29 is 22.7 Å². The van der Waals surface area contributed by atoms with Crippen molar-refractivity contribution in [3.05, 3.63) is 24.7 Å². The van der Waals surface area contributed by atoms with Gasteiger partial charge in [-0.25, -0.2) is 0 Å². The molecule has 0 aromatic carbocycles. The predicted octanol–water partition coefficient (Wildman–Crippen LogP) is 1.26. The van der Waals surface area contributed by atoms with Crippen LogP contribution >= 0.6 is 0 Å². The third-order valence-corrected chi connectivity index (χ3v) is 1.82. The minimum atomic E-state index is -3.67. The topological polar surface area (TPSA) is 72.8 Å². The van der Waals surface area contributed by atoms with Gasteiger partial charge in [-0.15, -0.1) is 0 Å². The average molecular weight is 208 g/mol. The van der Waals surface area contributed by atoms with E-state index < -0.39 is 10.1 Å². The molecule has 0 aromatic heterocycles. The van der Waals surface area contributed by atoms with Crippen LogP contribution in [-0.4, -0.2) is 18.7 Å². The SMILES string of the molecule is C1=COOC=C1.CCCS(=O)(=O)O. The first-order valence-corrected chi connectivity index (χ1v) is 5.26. The molecule has 0 spiro atoms. The smallest absolute Gasteiger partial charge is 0.264 e. The lowest BCUT2D eigenvalue weighted by Crippen LogP contribution is -2.01. The second-order valence-electron chi connectivity index (χ2n) is 2.14. The Bertz CT molecular complexity index is 253. The Morgan fingerprint density at radius 1 is 1.23 bits per heavy atom. The van der Waals surface area contributed by atoms with E-state index >= 15 is 0 Å². The Morgan fingerprint density at radius 2 is 1.69 bits per heavy atom. The fraction of sp³-hybridized carbons (Fsp3) is 0.429. The zero-order valence-corrected chi connectivity index (χ0v) is 8.03. The van der Waals surface area contributed by atoms with E-state index in [0.717, 1.165) is 0 Å². The molecule has 13 heavy (non-hydrogen) atoms. The minimum absolute atomic E-state index is 0.132. The average Bonchev–Trinajstić information content (AvgIpc) is 2.06. The quantitative estimate of drug-likeness (QED) is 0.546. The van der Waals surface area contributed by atoms with E-state index in [4.69, 9.17) is 4.55 Å². The normalized spacial score (nSPS) is 13.7. The van der Waals surface area contributed by atoms with E-state index in [-0.39, 0.29) is 5.75 Å². The van der Waals surface area contributed by atoms with Crippen LogP contribution in [0, 0.1) is 0 Å². The molecule has 0 bridgehead atoms. The number of rotatable bonds is 2. The van der Waals surface area contributed by atoms with Gasteiger partial charge in [0.05, 0.1) is 5.75 Å². The van der Waals surface area contributed by atoms with Gasteiger partial charge < -0.3 is 0 Å². The fourth-order valence-corrected chi connectivity index (χ4v) is 0.993. The predicted molar refractivity (Wildman–Crippen MR) is 47.2 cm³/mol. The summed E-state index contributed by atoms with van der Waals surface area (Å²) in [6.45, 7) is 1.69. The summed E-state index contributed by atoms with van der Waals surface area (Å²) >= 11 is 0. The monoisotopic (exact) mass is 208 g/mol. The van der Waals surface area contributed by atoms with Gasteiger partial charge in [0.25, 0.3) is 10.1 Å². The Kier molecular flexibility index (Phi) is 5.99. The van der Waals surface area contributed by atoms with Gasteiger partial charge in [-0.1, -0.05) is 6.92 Å². The molecule has 1 aliphatic rings. The number of hydrogen-bond donors (Lipinski definition) is 1. The molecule has 0 fully saturated rings. The third kappa shape index (κ3) is 11.0. The molecule has 1 rings (SSSR count). The Labute approximate surface area is 77.3 Å². The molecular formula is C7H12O5S. The summed E-state index contributed by atoms with van der Waals surface area (Å²) < 4.78 is 27.6. The first-order chi connectivity index (χ1) is 6.06. The van der Waals surface area contributed by atoms with Gasteiger partial charge in [0.2, 0.25) is 0 Å². The van der Waals surface area contributed by atoms with Crippen LogP contribution in [0.5, 0.6) is 0 Å². The summed E-state index contributed by atoms with van der Waals surface area (Å²) in [5, 5.41) is 0. The summed E-state index contributed by atoms with van der Waals surface area (Å²) in [7, 11) is -3.67. The van der Waals surface area contributed by atoms with Gasteiger partial charge >= 0.3 is 0 Å². The molecule has 1 heterocycles. The van der Waals surface area contributed by atoms with E-state index in [1.165, 1.54) is 12.5 Å². The standard InChI is InChI=1S/C4H4O2.C3H8O3S/c1-2-4-6-5-3-1;1-2-3-7(4,5)6/h1-4H;2-3H2,1H3,(H,4,5,6). The van der Waals surface area contributed by atoms with Crippen molar-refractivity contribution in [2.75, 3.05) is 5.75 Å². The summed E-state index contributed by atoms with van der Waals surface area (Å²) in [5.41, 5.74) is 0. The van der Waals surface area contributed by atoms with Gasteiger partial charge in [-0.3, -0.25) is 14.3 Å². The van der Waals surface area contributed by atoms with Crippen molar-refractivity contribution in [1.82, 2.24) is 0 Å². The largest absolute Gasteiger partial charge is 0.299 e. The third-order valence-electron chi connectivity index (χ3n) is 0.897. The Balaban J connectivity index is 0.000000223. The summed E-state index contributed by atoms with van der Waals surface area (Å²) in [5.74, 6) is -0.132. The van der Waals surface area contributed by atoms with Crippen LogP contribution in [0.25, 0.3) is 0 Å². The van der Waals surface area contributed by atoms with Crippen molar-refractivity contribution in [1.29, 1.82) is 0 Å². The maximum atomic E-state index is 9.79. The minimum Gasteiger partial charge on any atom is -0.299 e. The molecular weight excluding hydrogens is 196 g/mol. The van der Waals surface area contributed by atoms with Crippen molar-refractivity contribution in [3.63, 3.8) is 0 Å². The Morgan fingerprint density at radius 3 is 1.77 bits per heavy atom. The molecule has 0 atom stereocenters. The molecule has 0 saturated heterocycles. The van der Waals surface area contributed by atoms with E-state index in [1.54, 1.807) is 19.1 Å². The molecule has 0 aliphatic carbocycles.